The molecule has 1 aliphatic rings. The van der Waals surface area contributed by atoms with Crippen molar-refractivity contribution in [3.05, 3.63) is 0 Å². The van der Waals surface area contributed by atoms with Gasteiger partial charge in [-0.05, 0) is 43.8 Å². The highest BCUT2D eigenvalue weighted by Gasteiger charge is 2.19. The maximum Gasteiger partial charge on any atom is -0.0211 e. The molecule has 9 heavy (non-hydrogen) atoms. The third-order valence-electron chi connectivity index (χ3n) is 2.03. The second-order valence-corrected chi connectivity index (χ2v) is 9.50. The van der Waals surface area contributed by atoms with Crippen LogP contribution >= 0.6 is 6.04 Å². The highest BCUT2D eigenvalue weighted by Crippen LogP contribution is 2.48. The highest BCUT2D eigenvalue weighted by molar-refractivity contribution is 8.14. The van der Waals surface area contributed by atoms with Crippen LogP contribution in [0.15, 0.2) is 0 Å². The Bertz CT molecular complexity index is 142. The van der Waals surface area contributed by atoms with Gasteiger partial charge in [0.15, 0.2) is 0 Å². The molecule has 0 radical (unpaired) electrons. The topological polar surface area (TPSA) is 0 Å². The van der Waals surface area contributed by atoms with E-state index in [1.54, 1.807) is 0 Å². The summed E-state index contributed by atoms with van der Waals surface area (Å²) in [6, 6.07) is -0.809. The Hall–Kier alpha value is 0.650. The average Bonchev–Trinajstić information content (AvgIpc) is 1.60. The molecule has 1 heterocycles. The predicted molar refractivity (Wildman–Crippen MR) is 48.3 cm³/mol. The van der Waals surface area contributed by atoms with E-state index in [4.69, 9.17) is 11.8 Å². The van der Waals surface area contributed by atoms with Crippen molar-refractivity contribution in [2.45, 2.75) is 19.8 Å². The molecule has 2 atom stereocenters. The van der Waals surface area contributed by atoms with Crippen LogP contribution in [0.2, 0.25) is 0 Å². The van der Waals surface area contributed by atoms with Crippen molar-refractivity contribution in [3.63, 3.8) is 0 Å². The van der Waals surface area contributed by atoms with Gasteiger partial charge in [0.25, 0.3) is 0 Å². The SMILES string of the molecule is C[C@H]1CCC[P@@](C)(=S)C1. The van der Waals surface area contributed by atoms with Gasteiger partial charge in [-0.1, -0.05) is 18.7 Å². The fourth-order valence-electron chi connectivity index (χ4n) is 1.62. The predicted octanol–water partition coefficient (Wildman–Crippen LogP) is 2.53. The smallest absolute Gasteiger partial charge is 0.0211 e. The summed E-state index contributed by atoms with van der Waals surface area (Å²) in [7, 11) is 0. The zero-order valence-electron chi connectivity index (χ0n) is 6.26. The van der Waals surface area contributed by atoms with Crippen molar-refractivity contribution in [3.8, 4) is 0 Å². The minimum Gasteiger partial charge on any atom is -0.0978 e. The molecule has 0 amide bonds. The van der Waals surface area contributed by atoms with Crippen molar-refractivity contribution >= 4 is 17.8 Å². The lowest BCUT2D eigenvalue weighted by molar-refractivity contribution is 0.565. The van der Waals surface area contributed by atoms with Gasteiger partial charge >= 0.3 is 0 Å². The molecule has 2 heteroatoms. The zero-order valence-corrected chi connectivity index (χ0v) is 7.97. The first kappa shape index (κ1) is 7.75. The molecule has 1 saturated heterocycles. The molecular weight excluding hydrogens is 147 g/mol. The van der Waals surface area contributed by atoms with Gasteiger partial charge in [0.05, 0.1) is 0 Å². The first-order valence-electron chi connectivity index (χ1n) is 3.66. The summed E-state index contributed by atoms with van der Waals surface area (Å²) >= 11 is 5.48. The van der Waals surface area contributed by atoms with Gasteiger partial charge in [-0.3, -0.25) is 0 Å². The Morgan fingerprint density at radius 3 is 2.56 bits per heavy atom. The molecule has 1 rings (SSSR count). The molecule has 0 nitrogen and oxygen atoms in total. The minimum atomic E-state index is -0.809. The van der Waals surface area contributed by atoms with Gasteiger partial charge in [-0.15, -0.1) is 0 Å². The summed E-state index contributed by atoms with van der Waals surface area (Å²) in [6.45, 7) is 4.65. The fourth-order valence-corrected chi connectivity index (χ4v) is 5.30. The van der Waals surface area contributed by atoms with Crippen LogP contribution in [0.4, 0.5) is 0 Å². The quantitative estimate of drug-likeness (QED) is 0.493. The van der Waals surface area contributed by atoms with Crippen molar-refractivity contribution in [2.75, 3.05) is 19.0 Å². The molecule has 1 fully saturated rings. The lowest BCUT2D eigenvalue weighted by Gasteiger charge is -2.26. The van der Waals surface area contributed by atoms with E-state index in [1.807, 2.05) is 0 Å². The van der Waals surface area contributed by atoms with Crippen LogP contribution in [0.5, 0.6) is 0 Å². The van der Waals surface area contributed by atoms with E-state index in [2.05, 4.69) is 13.6 Å². The number of hydrogen-bond donors (Lipinski definition) is 0. The Balaban J connectivity index is 2.51. The Morgan fingerprint density at radius 2 is 2.22 bits per heavy atom. The molecule has 0 aromatic carbocycles. The van der Waals surface area contributed by atoms with Crippen LogP contribution in [0.3, 0.4) is 0 Å². The largest absolute Gasteiger partial charge is 0.0978 e. The maximum absolute atomic E-state index is 5.48. The van der Waals surface area contributed by atoms with Gasteiger partial charge in [0.1, 0.15) is 0 Å². The lowest BCUT2D eigenvalue weighted by atomic mass is 10.1. The summed E-state index contributed by atoms with van der Waals surface area (Å²) < 4.78 is 0. The monoisotopic (exact) mass is 162 g/mol. The van der Waals surface area contributed by atoms with Crippen molar-refractivity contribution < 1.29 is 0 Å². The Labute approximate surface area is 63.0 Å². The standard InChI is InChI=1S/C7H15PS/c1-7-4-3-5-8(2,9)6-7/h7H,3-6H2,1-2H3/t7-,8+/m0/s1. The summed E-state index contributed by atoms with van der Waals surface area (Å²) in [4.78, 5) is 0. The third kappa shape index (κ3) is 2.39. The van der Waals surface area contributed by atoms with Crippen molar-refractivity contribution in [2.24, 2.45) is 5.92 Å². The maximum atomic E-state index is 5.48. The van der Waals surface area contributed by atoms with Crippen LogP contribution < -0.4 is 0 Å². The van der Waals surface area contributed by atoms with Gasteiger partial charge in [0, 0.05) is 0 Å². The first-order valence-corrected chi connectivity index (χ1v) is 7.28. The van der Waals surface area contributed by atoms with Gasteiger partial charge < -0.3 is 0 Å². The van der Waals surface area contributed by atoms with E-state index in [9.17, 15) is 0 Å². The second kappa shape index (κ2) is 2.72. The van der Waals surface area contributed by atoms with Crippen LogP contribution in [0.1, 0.15) is 19.8 Å². The van der Waals surface area contributed by atoms with Gasteiger partial charge in [-0.25, -0.2) is 0 Å². The van der Waals surface area contributed by atoms with E-state index >= 15 is 0 Å². The van der Waals surface area contributed by atoms with E-state index in [-0.39, 0.29) is 0 Å². The van der Waals surface area contributed by atoms with E-state index in [0.717, 1.165) is 5.92 Å². The number of hydrogen-bond acceptors (Lipinski definition) is 1. The van der Waals surface area contributed by atoms with Crippen LogP contribution in [0, 0.1) is 5.92 Å². The molecule has 0 aromatic rings. The minimum absolute atomic E-state index is 0.809. The third-order valence-corrected chi connectivity index (χ3v) is 5.68. The molecular formula is C7H15PS. The van der Waals surface area contributed by atoms with Crippen LogP contribution in [-0.4, -0.2) is 19.0 Å². The molecule has 54 valence electrons. The molecule has 0 aromatic heterocycles. The fraction of sp³-hybridized carbons (Fsp3) is 1.00. The van der Waals surface area contributed by atoms with Crippen LogP contribution in [0.25, 0.3) is 0 Å². The number of rotatable bonds is 0. The second-order valence-electron chi connectivity index (χ2n) is 3.45. The average molecular weight is 162 g/mol. The summed E-state index contributed by atoms with van der Waals surface area (Å²) in [6.07, 6.45) is 5.55. The van der Waals surface area contributed by atoms with Gasteiger partial charge in [0.2, 0.25) is 0 Å². The van der Waals surface area contributed by atoms with Crippen molar-refractivity contribution in [1.29, 1.82) is 0 Å². The summed E-state index contributed by atoms with van der Waals surface area (Å²) in [5, 5.41) is 0. The molecule has 0 aliphatic carbocycles. The molecule has 1 aliphatic heterocycles. The zero-order chi connectivity index (χ0) is 6.91. The summed E-state index contributed by atoms with van der Waals surface area (Å²) in [5.74, 6) is 0.926. The van der Waals surface area contributed by atoms with E-state index in [0.29, 0.717) is 0 Å². The van der Waals surface area contributed by atoms with E-state index < -0.39 is 6.04 Å². The lowest BCUT2D eigenvalue weighted by Crippen LogP contribution is -2.10. The Morgan fingerprint density at radius 1 is 1.56 bits per heavy atom. The molecule has 0 N–H and O–H groups in total. The Kier molecular flexibility index (Phi) is 2.34. The summed E-state index contributed by atoms with van der Waals surface area (Å²) in [5.41, 5.74) is 0. The first-order chi connectivity index (χ1) is 4.10. The molecule has 0 saturated carbocycles. The highest BCUT2D eigenvalue weighted by atomic mass is 32.4. The normalized spacial score (nSPS) is 44.9. The van der Waals surface area contributed by atoms with E-state index in [1.165, 1.54) is 25.2 Å². The molecule has 0 bridgehead atoms. The van der Waals surface area contributed by atoms with Crippen LogP contribution in [-0.2, 0) is 11.8 Å². The van der Waals surface area contributed by atoms with Gasteiger partial charge in [-0.2, -0.15) is 0 Å². The molecule has 0 spiro atoms. The molecule has 0 unspecified atom stereocenters. The van der Waals surface area contributed by atoms with Crippen molar-refractivity contribution in [1.82, 2.24) is 0 Å².